The van der Waals surface area contributed by atoms with E-state index in [-0.39, 0.29) is 17.0 Å². The summed E-state index contributed by atoms with van der Waals surface area (Å²) in [4.78, 5) is 4.05. The molecule has 0 amide bonds. The van der Waals surface area contributed by atoms with Gasteiger partial charge in [-0.2, -0.15) is 0 Å². The van der Waals surface area contributed by atoms with E-state index in [1.807, 2.05) is 24.5 Å². The first-order valence-corrected chi connectivity index (χ1v) is 7.35. The molecule has 2 aromatic heterocycles. The van der Waals surface area contributed by atoms with Crippen molar-refractivity contribution in [2.75, 3.05) is 0 Å². The van der Waals surface area contributed by atoms with Crippen molar-refractivity contribution in [2.45, 2.75) is 19.4 Å². The average Bonchev–Trinajstić information content (AvgIpc) is 2.57. The fraction of sp³-hybridized carbons (Fsp3) is 0.158. The molecule has 0 spiro atoms. The Kier molecular flexibility index (Phi) is 6.28. The molecule has 2 heterocycles. The maximum atomic E-state index is 4.05. The van der Waals surface area contributed by atoms with Gasteiger partial charge in [0.1, 0.15) is 6.54 Å². The molecule has 112 valence electrons. The number of halogens is 1. The molecule has 0 aliphatic carbocycles. The van der Waals surface area contributed by atoms with Gasteiger partial charge in [0.15, 0.2) is 12.4 Å². The van der Waals surface area contributed by atoms with Crippen molar-refractivity contribution in [3.63, 3.8) is 0 Å². The predicted octanol–water partition coefficient (Wildman–Crippen LogP) is 0.673. The van der Waals surface area contributed by atoms with Gasteiger partial charge in [-0.1, -0.05) is 30.3 Å². The second kappa shape index (κ2) is 8.44. The fourth-order valence-electron chi connectivity index (χ4n) is 2.45. The Balaban J connectivity index is 0.00000176. The van der Waals surface area contributed by atoms with Gasteiger partial charge in [-0.15, -0.1) is 0 Å². The van der Waals surface area contributed by atoms with Crippen LogP contribution in [-0.4, -0.2) is 4.98 Å². The topological polar surface area (TPSA) is 16.8 Å². The normalized spacial score (nSPS) is 10.0. The zero-order valence-electron chi connectivity index (χ0n) is 12.4. The first kappa shape index (κ1) is 16.4. The van der Waals surface area contributed by atoms with Gasteiger partial charge >= 0.3 is 0 Å². The van der Waals surface area contributed by atoms with E-state index in [0.717, 1.165) is 19.4 Å². The zero-order chi connectivity index (χ0) is 14.3. The van der Waals surface area contributed by atoms with Crippen LogP contribution in [0.1, 0.15) is 12.0 Å². The molecule has 3 heteroatoms. The second-order valence-electron chi connectivity index (χ2n) is 5.15. The third kappa shape index (κ3) is 4.50. The third-order valence-corrected chi connectivity index (χ3v) is 3.63. The summed E-state index contributed by atoms with van der Waals surface area (Å²) in [7, 11) is 0. The summed E-state index contributed by atoms with van der Waals surface area (Å²) in [5.41, 5.74) is 3.85. The molecule has 0 atom stereocenters. The minimum atomic E-state index is 0. The van der Waals surface area contributed by atoms with Crippen molar-refractivity contribution >= 4 is 0 Å². The lowest BCUT2D eigenvalue weighted by molar-refractivity contribution is -0.697. The highest BCUT2D eigenvalue weighted by molar-refractivity contribution is 5.61. The van der Waals surface area contributed by atoms with Crippen LogP contribution in [0.5, 0.6) is 0 Å². The van der Waals surface area contributed by atoms with E-state index in [1.54, 1.807) is 0 Å². The van der Waals surface area contributed by atoms with Crippen LogP contribution in [0, 0.1) is 0 Å². The Morgan fingerprint density at radius 3 is 2.09 bits per heavy atom. The SMILES string of the molecule is [Br-].c1ccc(CCC[n+]2ccc(-c3ccncc3)cc2)cc1. The molecule has 2 nitrogen and oxygen atoms in total. The molecule has 3 aromatic rings. The minimum absolute atomic E-state index is 0. The summed E-state index contributed by atoms with van der Waals surface area (Å²) in [5.74, 6) is 0. The molecule has 0 aliphatic heterocycles. The Morgan fingerprint density at radius 1 is 0.773 bits per heavy atom. The zero-order valence-corrected chi connectivity index (χ0v) is 14.0. The Hall–Kier alpha value is -2.00. The lowest BCUT2D eigenvalue weighted by Gasteiger charge is -2.01. The third-order valence-electron chi connectivity index (χ3n) is 3.63. The maximum absolute atomic E-state index is 4.05. The van der Waals surface area contributed by atoms with E-state index in [4.69, 9.17) is 0 Å². The highest BCUT2D eigenvalue weighted by Crippen LogP contribution is 2.15. The number of nitrogens with zero attached hydrogens (tertiary/aromatic N) is 2. The smallest absolute Gasteiger partial charge is 0.169 e. The van der Waals surface area contributed by atoms with Crippen LogP contribution in [0.25, 0.3) is 11.1 Å². The second-order valence-corrected chi connectivity index (χ2v) is 5.15. The summed E-state index contributed by atoms with van der Waals surface area (Å²) in [5, 5.41) is 0. The largest absolute Gasteiger partial charge is 1.00 e. The molecule has 0 bridgehead atoms. The molecule has 3 rings (SSSR count). The molecule has 0 radical (unpaired) electrons. The van der Waals surface area contributed by atoms with E-state index in [9.17, 15) is 0 Å². The van der Waals surface area contributed by atoms with Crippen LogP contribution < -0.4 is 21.5 Å². The predicted molar refractivity (Wildman–Crippen MR) is 84.6 cm³/mol. The summed E-state index contributed by atoms with van der Waals surface area (Å²) in [6.45, 7) is 1.05. The van der Waals surface area contributed by atoms with Gasteiger partial charge in [0.05, 0.1) is 0 Å². The Labute approximate surface area is 142 Å². The highest BCUT2D eigenvalue weighted by atomic mass is 79.9. The van der Waals surface area contributed by atoms with Crippen molar-refractivity contribution in [3.05, 3.63) is 84.9 Å². The Morgan fingerprint density at radius 2 is 1.41 bits per heavy atom. The lowest BCUT2D eigenvalue weighted by atomic mass is 10.1. The number of hydrogen-bond acceptors (Lipinski definition) is 1. The van der Waals surface area contributed by atoms with Crippen molar-refractivity contribution in [2.24, 2.45) is 0 Å². The van der Waals surface area contributed by atoms with E-state index in [0.29, 0.717) is 0 Å². The molecule has 0 N–H and O–H groups in total. The maximum Gasteiger partial charge on any atom is 0.169 e. The molecule has 0 unspecified atom stereocenters. The van der Waals surface area contributed by atoms with E-state index in [2.05, 4.69) is 64.4 Å². The molecular weight excluding hydrogens is 336 g/mol. The summed E-state index contributed by atoms with van der Waals surface area (Å²) in [6.07, 6.45) is 10.2. The van der Waals surface area contributed by atoms with Gasteiger partial charge in [0.25, 0.3) is 0 Å². The fourth-order valence-corrected chi connectivity index (χ4v) is 2.45. The van der Waals surface area contributed by atoms with Crippen LogP contribution in [0.4, 0.5) is 0 Å². The summed E-state index contributed by atoms with van der Waals surface area (Å²) >= 11 is 0. The van der Waals surface area contributed by atoms with Gasteiger partial charge < -0.3 is 17.0 Å². The van der Waals surface area contributed by atoms with Gasteiger partial charge in [-0.05, 0) is 35.2 Å². The van der Waals surface area contributed by atoms with Crippen molar-refractivity contribution in [1.82, 2.24) is 4.98 Å². The molecular formula is C19H19BrN2. The lowest BCUT2D eigenvalue weighted by Crippen LogP contribution is -3.00. The Bertz CT molecular complexity index is 667. The molecule has 0 saturated carbocycles. The summed E-state index contributed by atoms with van der Waals surface area (Å²) < 4.78 is 2.24. The molecule has 0 aliphatic rings. The van der Waals surface area contributed by atoms with Crippen LogP contribution >= 0.6 is 0 Å². The van der Waals surface area contributed by atoms with E-state index in [1.165, 1.54) is 16.7 Å². The summed E-state index contributed by atoms with van der Waals surface area (Å²) in [6, 6.07) is 19.1. The minimum Gasteiger partial charge on any atom is -1.00 e. The number of pyridine rings is 2. The van der Waals surface area contributed by atoms with E-state index < -0.39 is 0 Å². The number of aryl methyl sites for hydroxylation is 2. The van der Waals surface area contributed by atoms with E-state index >= 15 is 0 Å². The molecule has 22 heavy (non-hydrogen) atoms. The average molecular weight is 355 g/mol. The van der Waals surface area contributed by atoms with Crippen molar-refractivity contribution < 1.29 is 21.5 Å². The van der Waals surface area contributed by atoms with Crippen molar-refractivity contribution in [3.8, 4) is 11.1 Å². The first-order chi connectivity index (χ1) is 10.4. The van der Waals surface area contributed by atoms with Gasteiger partial charge in [-0.25, -0.2) is 4.57 Å². The van der Waals surface area contributed by atoms with Crippen LogP contribution in [0.2, 0.25) is 0 Å². The standard InChI is InChI=1S/C19H19N2.BrH/c1-2-5-17(6-3-1)7-4-14-21-15-10-19(11-16-21)18-8-12-20-13-9-18;/h1-3,5-6,8-13,15-16H,4,7,14H2;1H/q+1;/p-1. The van der Waals surface area contributed by atoms with Gasteiger partial charge in [0.2, 0.25) is 0 Å². The number of rotatable bonds is 5. The molecule has 0 fully saturated rings. The monoisotopic (exact) mass is 354 g/mol. The highest BCUT2D eigenvalue weighted by Gasteiger charge is 2.03. The number of hydrogen-bond donors (Lipinski definition) is 0. The van der Waals surface area contributed by atoms with Gasteiger partial charge in [0, 0.05) is 30.9 Å². The van der Waals surface area contributed by atoms with Crippen molar-refractivity contribution in [1.29, 1.82) is 0 Å². The van der Waals surface area contributed by atoms with Gasteiger partial charge in [-0.3, -0.25) is 4.98 Å². The van der Waals surface area contributed by atoms with Crippen LogP contribution in [0.3, 0.4) is 0 Å². The molecule has 0 saturated heterocycles. The number of benzene rings is 1. The van der Waals surface area contributed by atoms with Crippen LogP contribution in [0.15, 0.2) is 79.4 Å². The number of aromatic nitrogens is 2. The first-order valence-electron chi connectivity index (χ1n) is 7.35. The van der Waals surface area contributed by atoms with Crippen LogP contribution in [-0.2, 0) is 13.0 Å². The quantitative estimate of drug-likeness (QED) is 0.615. The molecule has 1 aromatic carbocycles.